The predicted molar refractivity (Wildman–Crippen MR) is 47.5 cm³/mol. The first-order valence-electron chi connectivity index (χ1n) is 4.18. The third-order valence-electron chi connectivity index (χ3n) is 3.02. The lowest BCUT2D eigenvalue weighted by Crippen LogP contribution is -2.41. The summed E-state index contributed by atoms with van der Waals surface area (Å²) in [5, 5.41) is 12.1. The number of halogens is 1. The van der Waals surface area contributed by atoms with E-state index in [0.717, 1.165) is 32.4 Å². The Bertz CT molecular complexity index is 191. The molecule has 1 unspecified atom stereocenters. The number of rotatable bonds is 1. The van der Waals surface area contributed by atoms with Gasteiger partial charge in [-0.2, -0.15) is 0 Å². The fraction of sp³-hybridized carbons (Fsp3) is 0.875. The van der Waals surface area contributed by atoms with Crippen molar-refractivity contribution in [3.63, 3.8) is 0 Å². The van der Waals surface area contributed by atoms with E-state index < -0.39 is 5.97 Å². The lowest BCUT2D eigenvalue weighted by molar-refractivity contribution is -0.145. The Balaban J connectivity index is 0.000000720. The molecule has 1 aliphatic heterocycles. The molecule has 1 spiro atoms. The van der Waals surface area contributed by atoms with Crippen LogP contribution in [0.1, 0.15) is 19.3 Å². The maximum atomic E-state index is 10.8. The first-order valence-corrected chi connectivity index (χ1v) is 4.18. The highest BCUT2D eigenvalue weighted by Gasteiger charge is 2.53. The van der Waals surface area contributed by atoms with Crippen molar-refractivity contribution in [1.29, 1.82) is 0 Å². The van der Waals surface area contributed by atoms with Crippen LogP contribution < -0.4 is 5.32 Å². The molecule has 12 heavy (non-hydrogen) atoms. The number of hydrogen-bond acceptors (Lipinski definition) is 2. The molecule has 1 saturated carbocycles. The van der Waals surface area contributed by atoms with Gasteiger partial charge in [-0.05, 0) is 31.2 Å². The summed E-state index contributed by atoms with van der Waals surface area (Å²) in [7, 11) is 0. The molecule has 1 aliphatic carbocycles. The minimum atomic E-state index is -0.594. The van der Waals surface area contributed by atoms with Crippen LogP contribution in [0.25, 0.3) is 0 Å². The lowest BCUT2D eigenvalue weighted by Gasteiger charge is -2.28. The summed E-state index contributed by atoms with van der Waals surface area (Å²) in [6.45, 7) is 1.79. The van der Waals surface area contributed by atoms with Crippen LogP contribution >= 0.6 is 12.4 Å². The molecule has 2 rings (SSSR count). The molecule has 3 nitrogen and oxygen atoms in total. The summed E-state index contributed by atoms with van der Waals surface area (Å²) >= 11 is 0. The van der Waals surface area contributed by atoms with E-state index in [1.165, 1.54) is 0 Å². The van der Waals surface area contributed by atoms with Crippen molar-refractivity contribution in [3.05, 3.63) is 0 Å². The fourth-order valence-electron chi connectivity index (χ4n) is 2.08. The maximum Gasteiger partial charge on any atom is 0.307 e. The van der Waals surface area contributed by atoms with E-state index in [1.54, 1.807) is 0 Å². The molecule has 4 heteroatoms. The van der Waals surface area contributed by atoms with Crippen LogP contribution in [0.5, 0.6) is 0 Å². The number of piperidine rings is 1. The van der Waals surface area contributed by atoms with E-state index in [1.807, 2.05) is 0 Å². The highest BCUT2D eigenvalue weighted by molar-refractivity contribution is 5.85. The number of carboxylic acids is 1. The zero-order valence-electron chi connectivity index (χ0n) is 6.88. The smallest absolute Gasteiger partial charge is 0.307 e. The molecule has 1 heterocycles. The van der Waals surface area contributed by atoms with E-state index in [9.17, 15) is 4.79 Å². The van der Waals surface area contributed by atoms with Crippen LogP contribution in [0.3, 0.4) is 0 Å². The van der Waals surface area contributed by atoms with Gasteiger partial charge in [0.25, 0.3) is 0 Å². The molecule has 0 amide bonds. The highest BCUT2D eigenvalue weighted by Crippen LogP contribution is 2.53. The summed E-state index contributed by atoms with van der Waals surface area (Å²) in [6.07, 6.45) is 3.03. The van der Waals surface area contributed by atoms with Crippen LogP contribution in [-0.2, 0) is 4.79 Å². The van der Waals surface area contributed by atoms with Gasteiger partial charge in [0.05, 0.1) is 5.92 Å². The van der Waals surface area contributed by atoms with Gasteiger partial charge < -0.3 is 10.4 Å². The fourth-order valence-corrected chi connectivity index (χ4v) is 2.08. The molecule has 70 valence electrons. The third kappa shape index (κ3) is 1.43. The Morgan fingerprint density at radius 1 is 1.50 bits per heavy atom. The Hall–Kier alpha value is -0.280. The number of carbonyl (C=O) groups is 1. The summed E-state index contributed by atoms with van der Waals surface area (Å²) < 4.78 is 0. The van der Waals surface area contributed by atoms with Gasteiger partial charge in [-0.1, -0.05) is 0 Å². The van der Waals surface area contributed by atoms with Crippen LogP contribution in [0.4, 0.5) is 0 Å². The van der Waals surface area contributed by atoms with Crippen molar-refractivity contribution in [2.75, 3.05) is 13.1 Å². The minimum absolute atomic E-state index is 0. The number of carboxylic acid groups (broad SMARTS) is 1. The quantitative estimate of drug-likeness (QED) is 0.647. The van der Waals surface area contributed by atoms with E-state index in [-0.39, 0.29) is 23.7 Å². The van der Waals surface area contributed by atoms with Crippen LogP contribution in [0.2, 0.25) is 0 Å². The maximum absolute atomic E-state index is 10.8. The van der Waals surface area contributed by atoms with Gasteiger partial charge in [0.1, 0.15) is 0 Å². The van der Waals surface area contributed by atoms with Crippen LogP contribution in [0, 0.1) is 11.3 Å². The van der Waals surface area contributed by atoms with E-state index in [2.05, 4.69) is 5.32 Å². The number of hydrogen-bond donors (Lipinski definition) is 2. The second-order valence-electron chi connectivity index (χ2n) is 3.72. The van der Waals surface area contributed by atoms with Gasteiger partial charge in [0.2, 0.25) is 0 Å². The van der Waals surface area contributed by atoms with Crippen molar-refractivity contribution in [3.8, 4) is 0 Å². The largest absolute Gasteiger partial charge is 0.481 e. The highest BCUT2D eigenvalue weighted by atomic mass is 35.5. The molecule has 0 bridgehead atoms. The normalized spacial score (nSPS) is 30.8. The monoisotopic (exact) mass is 191 g/mol. The molecule has 0 aromatic carbocycles. The van der Waals surface area contributed by atoms with Gasteiger partial charge in [0.15, 0.2) is 0 Å². The van der Waals surface area contributed by atoms with Crippen molar-refractivity contribution in [1.82, 2.24) is 5.32 Å². The third-order valence-corrected chi connectivity index (χ3v) is 3.02. The number of aliphatic carboxylic acids is 1. The van der Waals surface area contributed by atoms with Crippen molar-refractivity contribution >= 4 is 18.4 Å². The Morgan fingerprint density at radius 2 is 2.17 bits per heavy atom. The van der Waals surface area contributed by atoms with E-state index >= 15 is 0 Å². The molecular formula is C8H14ClNO2. The molecule has 2 fully saturated rings. The first kappa shape index (κ1) is 9.81. The standard InChI is InChI=1S/C8H13NO2.ClH/c10-7(11)6-1-4-9-5-8(6)2-3-8;/h6,9H,1-5H2,(H,10,11);1H. The van der Waals surface area contributed by atoms with Crippen LogP contribution in [-0.4, -0.2) is 24.2 Å². The lowest BCUT2D eigenvalue weighted by atomic mass is 9.83. The van der Waals surface area contributed by atoms with Crippen molar-refractivity contribution in [2.24, 2.45) is 11.3 Å². The topological polar surface area (TPSA) is 49.3 Å². The minimum Gasteiger partial charge on any atom is -0.481 e. The van der Waals surface area contributed by atoms with E-state index in [4.69, 9.17) is 5.11 Å². The van der Waals surface area contributed by atoms with E-state index in [0.29, 0.717) is 0 Å². The Labute approximate surface area is 77.9 Å². The molecule has 1 saturated heterocycles. The summed E-state index contributed by atoms with van der Waals surface area (Å²) in [6, 6.07) is 0. The number of nitrogens with one attached hydrogen (secondary N) is 1. The predicted octanol–water partition coefficient (Wildman–Crippen LogP) is 0.882. The average Bonchev–Trinajstić information content (AvgIpc) is 2.70. The van der Waals surface area contributed by atoms with Crippen LogP contribution in [0.15, 0.2) is 0 Å². The zero-order chi connectivity index (χ0) is 7.90. The molecule has 2 N–H and O–H groups in total. The summed E-state index contributed by atoms with van der Waals surface area (Å²) in [5.74, 6) is -0.659. The van der Waals surface area contributed by atoms with Gasteiger partial charge in [-0.3, -0.25) is 4.79 Å². The van der Waals surface area contributed by atoms with Crippen molar-refractivity contribution in [2.45, 2.75) is 19.3 Å². The molecule has 0 aromatic rings. The molecule has 1 atom stereocenters. The van der Waals surface area contributed by atoms with Gasteiger partial charge >= 0.3 is 5.97 Å². The van der Waals surface area contributed by atoms with Gasteiger partial charge in [-0.25, -0.2) is 0 Å². The first-order chi connectivity index (χ1) is 5.25. The van der Waals surface area contributed by atoms with Gasteiger partial charge in [0, 0.05) is 6.54 Å². The summed E-state index contributed by atoms with van der Waals surface area (Å²) in [4.78, 5) is 10.8. The Kier molecular flexibility index (Phi) is 2.64. The van der Waals surface area contributed by atoms with Gasteiger partial charge in [-0.15, -0.1) is 12.4 Å². The van der Waals surface area contributed by atoms with Crippen molar-refractivity contribution < 1.29 is 9.90 Å². The Morgan fingerprint density at radius 3 is 2.58 bits per heavy atom. The molecular weight excluding hydrogens is 178 g/mol. The molecule has 2 aliphatic rings. The zero-order valence-corrected chi connectivity index (χ0v) is 7.69. The SMILES string of the molecule is Cl.O=C(O)C1CCNCC12CC2. The second-order valence-corrected chi connectivity index (χ2v) is 3.72. The second kappa shape index (κ2) is 3.23. The molecule has 0 radical (unpaired) electrons. The average molecular weight is 192 g/mol. The molecule has 0 aromatic heterocycles. The summed E-state index contributed by atoms with van der Waals surface area (Å²) in [5.41, 5.74) is 0.157.